The third-order valence-electron chi connectivity index (χ3n) is 3.64. The number of rotatable bonds is 1. The Balaban J connectivity index is 1.79. The van der Waals surface area contributed by atoms with E-state index in [1.807, 2.05) is 0 Å². The van der Waals surface area contributed by atoms with Crippen molar-refractivity contribution in [3.8, 4) is 0 Å². The van der Waals surface area contributed by atoms with Gasteiger partial charge in [0.15, 0.2) is 0 Å². The Bertz CT molecular complexity index is 203. The van der Waals surface area contributed by atoms with Crippen LogP contribution < -0.4 is 0 Å². The summed E-state index contributed by atoms with van der Waals surface area (Å²) in [5, 5.41) is 1.11. The van der Waals surface area contributed by atoms with Crippen molar-refractivity contribution in [2.75, 3.05) is 18.5 Å². The van der Waals surface area contributed by atoms with E-state index in [4.69, 9.17) is 9.47 Å². The molecule has 3 unspecified atom stereocenters. The Morgan fingerprint density at radius 2 is 2.17 bits per heavy atom. The highest BCUT2D eigenvalue weighted by molar-refractivity contribution is 9.09. The Kier molecular flexibility index (Phi) is 1.59. The van der Waals surface area contributed by atoms with E-state index in [1.165, 1.54) is 12.8 Å². The first kappa shape index (κ1) is 7.77. The molecular formula is C9H13BrO2. The van der Waals surface area contributed by atoms with Gasteiger partial charge in [-0.15, -0.1) is 0 Å². The van der Waals surface area contributed by atoms with Crippen LogP contribution in [0.2, 0.25) is 0 Å². The molecule has 3 rings (SSSR count). The van der Waals surface area contributed by atoms with Crippen LogP contribution in [0.25, 0.3) is 0 Å². The predicted octanol–water partition coefficient (Wildman–Crippen LogP) is 1.58. The van der Waals surface area contributed by atoms with Crippen molar-refractivity contribution in [1.82, 2.24) is 0 Å². The lowest BCUT2D eigenvalue weighted by molar-refractivity contribution is -0.152. The average molecular weight is 233 g/mol. The van der Waals surface area contributed by atoms with Crippen molar-refractivity contribution in [1.29, 1.82) is 0 Å². The molecule has 3 aliphatic rings. The Labute approximate surface area is 80.7 Å². The highest BCUT2D eigenvalue weighted by Crippen LogP contribution is 2.53. The van der Waals surface area contributed by atoms with Crippen LogP contribution in [0.15, 0.2) is 0 Å². The molecule has 2 saturated heterocycles. The first-order valence-electron chi connectivity index (χ1n) is 4.63. The van der Waals surface area contributed by atoms with Crippen LogP contribution in [0, 0.1) is 11.3 Å². The minimum atomic E-state index is 0.487. The lowest BCUT2D eigenvalue weighted by Crippen LogP contribution is -2.52. The summed E-state index contributed by atoms with van der Waals surface area (Å²) in [6, 6.07) is 0. The minimum Gasteiger partial charge on any atom is -0.380 e. The van der Waals surface area contributed by atoms with E-state index >= 15 is 0 Å². The first-order valence-corrected chi connectivity index (χ1v) is 5.75. The second-order valence-electron chi connectivity index (χ2n) is 4.36. The molecular weight excluding hydrogens is 220 g/mol. The lowest BCUT2D eigenvalue weighted by atomic mass is 9.66. The fourth-order valence-electron chi connectivity index (χ4n) is 2.61. The fraction of sp³-hybridized carbons (Fsp3) is 1.00. The van der Waals surface area contributed by atoms with Gasteiger partial charge in [-0.3, -0.25) is 0 Å². The Hall–Kier alpha value is 0.400. The predicted molar refractivity (Wildman–Crippen MR) is 48.4 cm³/mol. The van der Waals surface area contributed by atoms with Crippen molar-refractivity contribution in [3.05, 3.63) is 0 Å². The molecule has 2 aliphatic heterocycles. The number of ether oxygens (including phenoxy) is 2. The molecule has 0 radical (unpaired) electrons. The van der Waals surface area contributed by atoms with Crippen LogP contribution in [0.3, 0.4) is 0 Å². The highest BCUT2D eigenvalue weighted by atomic mass is 79.9. The Morgan fingerprint density at radius 3 is 2.75 bits per heavy atom. The second-order valence-corrected chi connectivity index (χ2v) is 5.01. The monoisotopic (exact) mass is 232 g/mol. The molecule has 2 nitrogen and oxygen atoms in total. The molecule has 12 heavy (non-hydrogen) atoms. The van der Waals surface area contributed by atoms with Crippen molar-refractivity contribution in [2.45, 2.75) is 25.0 Å². The molecule has 68 valence electrons. The molecule has 0 aromatic carbocycles. The highest BCUT2D eigenvalue weighted by Gasteiger charge is 2.58. The Morgan fingerprint density at radius 1 is 1.33 bits per heavy atom. The van der Waals surface area contributed by atoms with E-state index < -0.39 is 0 Å². The summed E-state index contributed by atoms with van der Waals surface area (Å²) in [7, 11) is 0. The zero-order valence-electron chi connectivity index (χ0n) is 6.96. The van der Waals surface area contributed by atoms with Gasteiger partial charge in [0.25, 0.3) is 0 Å². The number of alkyl halides is 1. The van der Waals surface area contributed by atoms with Crippen LogP contribution in [-0.4, -0.2) is 30.8 Å². The lowest BCUT2D eigenvalue weighted by Gasteiger charge is -2.48. The standard InChI is InChI=1S/C9H13BrO2/c10-3-6-1-7-8(12-7)2-9(6)4-11-5-9/h6-8H,1-5H2. The molecule has 1 saturated carbocycles. The van der Waals surface area contributed by atoms with Gasteiger partial charge in [0, 0.05) is 10.7 Å². The molecule has 0 amide bonds. The third kappa shape index (κ3) is 0.932. The SMILES string of the molecule is BrCC1CC2OC2CC12COC2. The normalized spacial score (nSPS) is 48.2. The van der Waals surface area contributed by atoms with Crippen LogP contribution in [0.1, 0.15) is 12.8 Å². The quantitative estimate of drug-likeness (QED) is 0.506. The number of epoxide rings is 1. The van der Waals surface area contributed by atoms with Gasteiger partial charge in [-0.25, -0.2) is 0 Å². The van der Waals surface area contributed by atoms with E-state index in [2.05, 4.69) is 15.9 Å². The van der Waals surface area contributed by atoms with Crippen molar-refractivity contribution in [3.63, 3.8) is 0 Å². The molecule has 1 spiro atoms. The molecule has 0 N–H and O–H groups in total. The van der Waals surface area contributed by atoms with Crippen molar-refractivity contribution < 1.29 is 9.47 Å². The summed E-state index contributed by atoms with van der Waals surface area (Å²) in [5.74, 6) is 0.787. The van der Waals surface area contributed by atoms with Gasteiger partial charge >= 0.3 is 0 Å². The largest absolute Gasteiger partial charge is 0.380 e. The number of hydrogen-bond donors (Lipinski definition) is 0. The molecule has 3 atom stereocenters. The maximum absolute atomic E-state index is 5.56. The van der Waals surface area contributed by atoms with Crippen molar-refractivity contribution in [2.24, 2.45) is 11.3 Å². The molecule has 0 aromatic heterocycles. The molecule has 0 aromatic rings. The van der Waals surface area contributed by atoms with Crippen LogP contribution >= 0.6 is 15.9 Å². The van der Waals surface area contributed by atoms with E-state index in [-0.39, 0.29) is 0 Å². The summed E-state index contributed by atoms with van der Waals surface area (Å²) in [6.45, 7) is 1.94. The summed E-state index contributed by atoms with van der Waals surface area (Å²) in [6.07, 6.45) is 3.68. The molecule has 1 aliphatic carbocycles. The molecule has 2 heterocycles. The van der Waals surface area contributed by atoms with Gasteiger partial charge in [0.05, 0.1) is 25.4 Å². The minimum absolute atomic E-state index is 0.487. The average Bonchev–Trinajstić information content (AvgIpc) is 2.76. The number of fused-ring (bicyclic) bond motifs is 1. The van der Waals surface area contributed by atoms with Gasteiger partial charge < -0.3 is 9.47 Å². The summed E-state index contributed by atoms with van der Waals surface area (Å²) < 4.78 is 10.9. The smallest absolute Gasteiger partial charge is 0.0849 e. The first-order chi connectivity index (χ1) is 5.84. The fourth-order valence-corrected chi connectivity index (χ4v) is 3.56. The van der Waals surface area contributed by atoms with Gasteiger partial charge in [-0.05, 0) is 18.8 Å². The van der Waals surface area contributed by atoms with Gasteiger partial charge in [0.2, 0.25) is 0 Å². The van der Waals surface area contributed by atoms with E-state index in [1.54, 1.807) is 0 Å². The third-order valence-corrected chi connectivity index (χ3v) is 4.43. The summed E-state index contributed by atoms with van der Waals surface area (Å²) in [5.41, 5.74) is 0.487. The van der Waals surface area contributed by atoms with Crippen LogP contribution in [0.5, 0.6) is 0 Å². The van der Waals surface area contributed by atoms with Gasteiger partial charge in [-0.1, -0.05) is 15.9 Å². The molecule has 3 heteroatoms. The van der Waals surface area contributed by atoms with E-state index in [0.29, 0.717) is 17.6 Å². The van der Waals surface area contributed by atoms with Crippen molar-refractivity contribution >= 4 is 15.9 Å². The van der Waals surface area contributed by atoms with E-state index in [9.17, 15) is 0 Å². The van der Waals surface area contributed by atoms with Crippen LogP contribution in [-0.2, 0) is 9.47 Å². The van der Waals surface area contributed by atoms with Gasteiger partial charge in [0.1, 0.15) is 0 Å². The molecule has 3 fully saturated rings. The second kappa shape index (κ2) is 2.46. The topological polar surface area (TPSA) is 21.8 Å². The molecule has 0 bridgehead atoms. The van der Waals surface area contributed by atoms with Gasteiger partial charge in [-0.2, -0.15) is 0 Å². The maximum atomic E-state index is 5.56. The van der Waals surface area contributed by atoms with E-state index in [0.717, 1.165) is 24.5 Å². The maximum Gasteiger partial charge on any atom is 0.0849 e. The number of hydrogen-bond acceptors (Lipinski definition) is 2. The summed E-state index contributed by atoms with van der Waals surface area (Å²) >= 11 is 3.60. The zero-order valence-corrected chi connectivity index (χ0v) is 8.55. The summed E-state index contributed by atoms with van der Waals surface area (Å²) in [4.78, 5) is 0. The number of halogens is 1. The zero-order chi connectivity index (χ0) is 8.18. The van der Waals surface area contributed by atoms with Crippen LogP contribution in [0.4, 0.5) is 0 Å².